The maximum atomic E-state index is 12.8. The largest absolute Gasteiger partial charge is 0.462 e. The van der Waals surface area contributed by atoms with Gasteiger partial charge in [0.2, 0.25) is 0 Å². The molecule has 0 aromatic carbocycles. The van der Waals surface area contributed by atoms with E-state index >= 15 is 0 Å². The Labute approximate surface area is 363 Å². The highest BCUT2D eigenvalue weighted by Gasteiger charge is 2.46. The van der Waals surface area contributed by atoms with Gasteiger partial charge in [-0.25, -0.2) is 0 Å². The topological polar surface area (TPSA) is 186 Å². The van der Waals surface area contributed by atoms with Crippen LogP contribution in [0.4, 0.5) is 0 Å². The summed E-state index contributed by atoms with van der Waals surface area (Å²) in [5.74, 6) is -2.03. The molecular weight excluding hydrogens is 789 g/mol. The molecule has 12 nitrogen and oxygen atoms in total. The monoisotopic (exact) mass is 871 g/mol. The number of allylic oxidation sites excluding steroid dienone is 8. The molecule has 0 bridgehead atoms. The summed E-state index contributed by atoms with van der Waals surface area (Å²) in [4.78, 5) is 25.4. The molecule has 13 heteroatoms. The molecule has 2 unspecified atom stereocenters. The minimum Gasteiger partial charge on any atom is -0.462 e. The lowest BCUT2D eigenvalue weighted by molar-refractivity contribution is -0.297. The number of hydrogen-bond acceptors (Lipinski definition) is 11. The Bertz CT molecular complexity index is 1300. The molecule has 1 aliphatic heterocycles. The van der Waals surface area contributed by atoms with Crippen molar-refractivity contribution in [3.63, 3.8) is 0 Å². The lowest BCUT2D eigenvalue weighted by atomic mass is 10.00. The Morgan fingerprint density at radius 1 is 0.567 bits per heavy atom. The molecule has 4 N–H and O–H groups in total. The molecule has 0 saturated carbocycles. The van der Waals surface area contributed by atoms with Gasteiger partial charge in [0.25, 0.3) is 10.1 Å². The number of carbonyl (C=O) groups excluding carboxylic acids is 2. The zero-order valence-electron chi connectivity index (χ0n) is 37.1. The maximum absolute atomic E-state index is 12.8. The van der Waals surface area contributed by atoms with Crippen LogP contribution < -0.4 is 0 Å². The van der Waals surface area contributed by atoms with Crippen LogP contribution in [0.15, 0.2) is 48.6 Å². The molecule has 0 aliphatic carbocycles. The van der Waals surface area contributed by atoms with Gasteiger partial charge < -0.3 is 34.3 Å². The minimum atomic E-state index is -4.61. The van der Waals surface area contributed by atoms with Crippen LogP contribution in [-0.2, 0) is 38.7 Å². The van der Waals surface area contributed by atoms with Gasteiger partial charge in [-0.1, -0.05) is 140 Å². The summed E-state index contributed by atoms with van der Waals surface area (Å²) in [6.45, 7) is 3.70. The second kappa shape index (κ2) is 37.2. The molecule has 6 atom stereocenters. The van der Waals surface area contributed by atoms with Gasteiger partial charge in [-0.2, -0.15) is 8.42 Å². The number of esters is 2. The van der Waals surface area contributed by atoms with Crippen molar-refractivity contribution in [2.75, 3.05) is 19.0 Å². The predicted octanol–water partition coefficient (Wildman–Crippen LogP) is 9.56. The summed E-state index contributed by atoms with van der Waals surface area (Å²) in [6.07, 6.45) is 34.4. The van der Waals surface area contributed by atoms with Crippen molar-refractivity contribution in [1.82, 2.24) is 0 Å². The van der Waals surface area contributed by atoms with Crippen LogP contribution in [0, 0.1) is 0 Å². The first kappa shape index (κ1) is 55.6. The Balaban J connectivity index is 2.47. The van der Waals surface area contributed by atoms with Crippen molar-refractivity contribution in [3.8, 4) is 0 Å². The average Bonchev–Trinajstić information content (AvgIpc) is 3.21. The highest BCUT2D eigenvalue weighted by molar-refractivity contribution is 7.85. The van der Waals surface area contributed by atoms with E-state index in [0.717, 1.165) is 70.6 Å². The fraction of sp³-hybridized carbons (Fsp3) is 0.787. The van der Waals surface area contributed by atoms with Crippen LogP contribution in [0.5, 0.6) is 0 Å². The average molecular weight is 871 g/mol. The number of rotatable bonds is 38. The van der Waals surface area contributed by atoms with Crippen molar-refractivity contribution in [2.24, 2.45) is 0 Å². The smallest absolute Gasteiger partial charge is 0.306 e. The standard InChI is InChI=1S/C47H82O12S/c1-3-5-7-9-11-13-15-17-19-20-22-23-25-27-29-31-33-35-42(48)56-37-40(38-57-47-46(52)45(51)44(50)41(59-47)39-60(53,54)55)58-43(49)36-34-32-30-28-26-24-21-18-16-14-12-10-8-6-4-2/h11,13,17,19,22-24,26,40-41,44-47,50-52H,3-10,12,14-16,18,20-21,25,27-39H2,1-2H3,(H,53,54,55)/b13-11+,19-17+,23-22+,26-24+/t40-,41-,44-,45?,46?,47+/m1/s1. The molecular formula is C47H82O12S. The third-order valence-electron chi connectivity index (χ3n) is 10.4. The van der Waals surface area contributed by atoms with Gasteiger partial charge in [0.05, 0.1) is 6.61 Å². The van der Waals surface area contributed by atoms with E-state index in [0.29, 0.717) is 12.8 Å². The third-order valence-corrected chi connectivity index (χ3v) is 11.1. The van der Waals surface area contributed by atoms with E-state index in [9.17, 15) is 37.9 Å². The van der Waals surface area contributed by atoms with Crippen LogP contribution in [0.1, 0.15) is 181 Å². The summed E-state index contributed by atoms with van der Waals surface area (Å²) in [5.41, 5.74) is 0. The highest BCUT2D eigenvalue weighted by Crippen LogP contribution is 2.24. The van der Waals surface area contributed by atoms with Crippen LogP contribution >= 0.6 is 0 Å². The van der Waals surface area contributed by atoms with Gasteiger partial charge in [-0.05, 0) is 77.0 Å². The van der Waals surface area contributed by atoms with Crippen molar-refractivity contribution in [3.05, 3.63) is 48.6 Å². The van der Waals surface area contributed by atoms with Crippen LogP contribution in [-0.4, -0.2) is 96.0 Å². The summed E-state index contributed by atoms with van der Waals surface area (Å²) < 4.78 is 54.0. The van der Waals surface area contributed by atoms with E-state index in [-0.39, 0.29) is 19.4 Å². The number of carbonyl (C=O) groups is 2. The maximum Gasteiger partial charge on any atom is 0.306 e. The number of aliphatic hydroxyl groups excluding tert-OH is 3. The molecule has 1 heterocycles. The molecule has 1 saturated heterocycles. The van der Waals surface area contributed by atoms with E-state index < -0.39 is 71.2 Å². The normalized spacial score (nSPS) is 20.5. The SMILES string of the molecule is CCCCC/C=C/C/C=C/C/C=C/CCCCCCC(=O)OC[C@H](CO[C@H]1O[C@H](CS(=O)(=O)O)[C@@H](O)C(O)C1O)OC(=O)CCCCC/C=C/CCCCCCCCCC. The molecule has 1 rings (SSSR count). The van der Waals surface area contributed by atoms with Crippen LogP contribution in [0.2, 0.25) is 0 Å². The zero-order chi connectivity index (χ0) is 44.1. The first-order valence-electron chi connectivity index (χ1n) is 23.2. The number of unbranched alkanes of at least 4 members (excludes halogenated alkanes) is 18. The van der Waals surface area contributed by atoms with Gasteiger partial charge in [0.1, 0.15) is 36.8 Å². The van der Waals surface area contributed by atoms with Crippen LogP contribution in [0.25, 0.3) is 0 Å². The molecule has 0 aromatic rings. The second-order valence-electron chi connectivity index (χ2n) is 16.1. The molecule has 0 amide bonds. The van der Waals surface area contributed by atoms with E-state index in [4.69, 9.17) is 18.9 Å². The van der Waals surface area contributed by atoms with E-state index in [1.165, 1.54) is 70.6 Å². The first-order chi connectivity index (χ1) is 29.0. The number of ether oxygens (including phenoxy) is 4. The number of aliphatic hydroxyl groups is 3. The van der Waals surface area contributed by atoms with Crippen molar-refractivity contribution in [1.29, 1.82) is 0 Å². The summed E-state index contributed by atoms with van der Waals surface area (Å²) >= 11 is 0. The molecule has 348 valence electrons. The summed E-state index contributed by atoms with van der Waals surface area (Å²) in [6, 6.07) is 0. The van der Waals surface area contributed by atoms with Gasteiger partial charge in [-0.3, -0.25) is 14.1 Å². The van der Waals surface area contributed by atoms with Crippen molar-refractivity contribution in [2.45, 2.75) is 218 Å². The summed E-state index contributed by atoms with van der Waals surface area (Å²) in [5, 5.41) is 30.9. The molecule has 60 heavy (non-hydrogen) atoms. The fourth-order valence-corrected chi connectivity index (χ4v) is 7.43. The van der Waals surface area contributed by atoms with Gasteiger partial charge in [-0.15, -0.1) is 0 Å². The Morgan fingerprint density at radius 2 is 1.00 bits per heavy atom. The van der Waals surface area contributed by atoms with Gasteiger partial charge in [0, 0.05) is 12.8 Å². The van der Waals surface area contributed by atoms with Crippen molar-refractivity contribution < 1.29 is 56.8 Å². The van der Waals surface area contributed by atoms with Gasteiger partial charge >= 0.3 is 11.9 Å². The molecule has 1 fully saturated rings. The lowest BCUT2D eigenvalue weighted by Crippen LogP contribution is -2.60. The first-order valence-corrected chi connectivity index (χ1v) is 24.8. The summed E-state index contributed by atoms with van der Waals surface area (Å²) in [7, 11) is -4.61. The Hall–Kier alpha value is -2.39. The van der Waals surface area contributed by atoms with Gasteiger partial charge in [0.15, 0.2) is 12.4 Å². The van der Waals surface area contributed by atoms with E-state index in [2.05, 4.69) is 62.5 Å². The number of hydrogen-bond donors (Lipinski definition) is 4. The Kier molecular flexibility index (Phi) is 34.5. The lowest BCUT2D eigenvalue weighted by Gasteiger charge is -2.40. The molecule has 0 radical (unpaired) electrons. The van der Waals surface area contributed by atoms with E-state index in [1.54, 1.807) is 0 Å². The molecule has 0 spiro atoms. The third kappa shape index (κ3) is 31.5. The quantitative estimate of drug-likeness (QED) is 0.0200. The second-order valence-corrected chi connectivity index (χ2v) is 17.6. The molecule has 0 aromatic heterocycles. The van der Waals surface area contributed by atoms with Crippen LogP contribution in [0.3, 0.4) is 0 Å². The highest BCUT2D eigenvalue weighted by atomic mass is 32.2. The Morgan fingerprint density at radius 3 is 1.55 bits per heavy atom. The molecule has 1 aliphatic rings. The predicted molar refractivity (Wildman–Crippen MR) is 238 cm³/mol. The van der Waals surface area contributed by atoms with E-state index in [1.807, 2.05) is 0 Å². The minimum absolute atomic E-state index is 0.138. The zero-order valence-corrected chi connectivity index (χ0v) is 37.9. The van der Waals surface area contributed by atoms with Crippen molar-refractivity contribution >= 4 is 22.1 Å². The fourth-order valence-electron chi connectivity index (χ4n) is 6.74.